The van der Waals surface area contributed by atoms with Gasteiger partial charge in [-0.1, -0.05) is 6.08 Å². The first-order valence-corrected chi connectivity index (χ1v) is 9.79. The van der Waals surface area contributed by atoms with Gasteiger partial charge in [-0.05, 0) is 44.8 Å². The number of benzene rings is 1. The van der Waals surface area contributed by atoms with E-state index in [1.807, 2.05) is 34.7 Å². The van der Waals surface area contributed by atoms with Crippen LogP contribution in [-0.2, 0) is 4.79 Å². The highest BCUT2D eigenvalue weighted by atomic mass is 19.1. The number of carbonyl (C=O) groups excluding carboxylic acids is 1. The number of likely N-dealkylation sites (N-methyl/N-ethyl adjacent to an activating group) is 1. The van der Waals surface area contributed by atoms with Gasteiger partial charge < -0.3 is 15.5 Å². The zero-order valence-electron chi connectivity index (χ0n) is 17.0. The van der Waals surface area contributed by atoms with Gasteiger partial charge in [0.2, 0.25) is 5.91 Å². The zero-order valence-corrected chi connectivity index (χ0v) is 17.0. The Bertz CT molecular complexity index is 1090. The summed E-state index contributed by atoms with van der Waals surface area (Å²) in [6, 6.07) is 6.07. The lowest BCUT2D eigenvalue weighted by Crippen LogP contribution is -2.28. The van der Waals surface area contributed by atoms with Gasteiger partial charge in [-0.2, -0.15) is 5.10 Å². The van der Waals surface area contributed by atoms with Crippen molar-refractivity contribution in [2.45, 2.75) is 12.5 Å². The van der Waals surface area contributed by atoms with Crippen LogP contribution < -0.4 is 5.73 Å². The number of amides is 1. The van der Waals surface area contributed by atoms with Crippen LogP contribution in [0.5, 0.6) is 0 Å². The first kappa shape index (κ1) is 20.0. The molecule has 9 heteroatoms. The van der Waals surface area contributed by atoms with Crippen LogP contribution in [0.2, 0.25) is 0 Å². The van der Waals surface area contributed by atoms with Gasteiger partial charge in [0.1, 0.15) is 23.7 Å². The SMILES string of the molecule is CN(C)C/C=C/C(=O)N1CC[C@@H](n2nc(-c3ccc(F)cc3)c3c(N)ncnc32)C1. The fraction of sp³-hybridized carbons (Fsp3) is 0.333. The maximum Gasteiger partial charge on any atom is 0.246 e. The van der Waals surface area contributed by atoms with E-state index in [-0.39, 0.29) is 17.8 Å². The van der Waals surface area contributed by atoms with E-state index in [1.165, 1.54) is 18.5 Å². The van der Waals surface area contributed by atoms with Crippen molar-refractivity contribution in [3.63, 3.8) is 0 Å². The molecule has 1 aliphatic rings. The van der Waals surface area contributed by atoms with E-state index >= 15 is 0 Å². The summed E-state index contributed by atoms with van der Waals surface area (Å²) in [6.07, 6.45) is 5.65. The molecule has 30 heavy (non-hydrogen) atoms. The Morgan fingerprint density at radius 1 is 1.30 bits per heavy atom. The van der Waals surface area contributed by atoms with Gasteiger partial charge in [-0.15, -0.1) is 0 Å². The Morgan fingerprint density at radius 3 is 2.80 bits per heavy atom. The minimum atomic E-state index is -0.320. The summed E-state index contributed by atoms with van der Waals surface area (Å²) in [5.41, 5.74) is 8.10. The molecule has 1 aromatic carbocycles. The van der Waals surface area contributed by atoms with Gasteiger partial charge in [0.05, 0.1) is 11.4 Å². The highest BCUT2D eigenvalue weighted by molar-refractivity contribution is 5.98. The van der Waals surface area contributed by atoms with Crippen LogP contribution in [0.4, 0.5) is 10.2 Å². The summed E-state index contributed by atoms with van der Waals surface area (Å²) < 4.78 is 15.2. The molecule has 8 nitrogen and oxygen atoms in total. The molecule has 1 fully saturated rings. The number of nitrogens with zero attached hydrogens (tertiary/aromatic N) is 6. The molecule has 0 saturated carbocycles. The van der Waals surface area contributed by atoms with Gasteiger partial charge in [0.15, 0.2) is 5.65 Å². The third-order valence-electron chi connectivity index (χ3n) is 5.19. The molecule has 1 atom stereocenters. The van der Waals surface area contributed by atoms with Crippen LogP contribution in [0, 0.1) is 5.82 Å². The standard InChI is InChI=1S/C21H24FN7O/c1-27(2)10-3-4-17(30)28-11-9-16(12-28)29-21-18(20(23)24-13-25-21)19(26-29)14-5-7-15(22)8-6-14/h3-8,13,16H,9-12H2,1-2H3,(H2,23,24,25)/b4-3+/t16-/m1/s1. The van der Waals surface area contributed by atoms with Gasteiger partial charge in [0.25, 0.3) is 0 Å². The fourth-order valence-corrected chi connectivity index (χ4v) is 3.67. The number of halogens is 1. The van der Waals surface area contributed by atoms with Crippen molar-refractivity contribution in [2.24, 2.45) is 0 Å². The number of likely N-dealkylation sites (tertiary alicyclic amines) is 1. The monoisotopic (exact) mass is 409 g/mol. The second kappa shape index (κ2) is 8.19. The molecule has 4 rings (SSSR count). The molecule has 0 bridgehead atoms. The quantitative estimate of drug-likeness (QED) is 0.649. The van der Waals surface area contributed by atoms with Gasteiger partial charge in [-0.25, -0.2) is 19.0 Å². The summed E-state index contributed by atoms with van der Waals surface area (Å²) in [6.45, 7) is 1.89. The summed E-state index contributed by atoms with van der Waals surface area (Å²) in [4.78, 5) is 24.8. The average Bonchev–Trinajstić information content (AvgIpc) is 3.34. The van der Waals surface area contributed by atoms with Crippen molar-refractivity contribution in [2.75, 3.05) is 39.5 Å². The van der Waals surface area contributed by atoms with E-state index in [1.54, 1.807) is 18.2 Å². The van der Waals surface area contributed by atoms with E-state index in [2.05, 4.69) is 9.97 Å². The topological polar surface area (TPSA) is 93.2 Å². The van der Waals surface area contributed by atoms with Crippen molar-refractivity contribution >= 4 is 22.8 Å². The van der Waals surface area contributed by atoms with Crippen molar-refractivity contribution < 1.29 is 9.18 Å². The number of rotatable bonds is 5. The number of hydrogen-bond acceptors (Lipinski definition) is 6. The summed E-state index contributed by atoms with van der Waals surface area (Å²) >= 11 is 0. The minimum absolute atomic E-state index is 0.0105. The predicted octanol–water partition coefficient (Wildman–Crippen LogP) is 2.11. The highest BCUT2D eigenvalue weighted by Gasteiger charge is 2.30. The molecule has 0 unspecified atom stereocenters. The third-order valence-corrected chi connectivity index (χ3v) is 5.19. The third kappa shape index (κ3) is 3.88. The maximum absolute atomic E-state index is 13.4. The van der Waals surface area contributed by atoms with Gasteiger partial charge in [-0.3, -0.25) is 4.79 Å². The smallest absolute Gasteiger partial charge is 0.246 e. The number of hydrogen-bond donors (Lipinski definition) is 1. The number of anilines is 1. The van der Waals surface area contributed by atoms with Crippen LogP contribution in [0.25, 0.3) is 22.3 Å². The molecule has 156 valence electrons. The predicted molar refractivity (Wildman–Crippen MR) is 113 cm³/mol. The number of carbonyl (C=O) groups is 1. The molecular formula is C21H24FN7O. The van der Waals surface area contributed by atoms with E-state index in [0.29, 0.717) is 42.2 Å². The van der Waals surface area contributed by atoms with Crippen molar-refractivity contribution in [3.05, 3.63) is 48.6 Å². The largest absolute Gasteiger partial charge is 0.383 e. The van der Waals surface area contributed by atoms with Gasteiger partial charge >= 0.3 is 0 Å². The Balaban J connectivity index is 1.64. The lowest BCUT2D eigenvalue weighted by atomic mass is 10.1. The average molecular weight is 409 g/mol. The Morgan fingerprint density at radius 2 is 2.07 bits per heavy atom. The van der Waals surface area contributed by atoms with E-state index in [9.17, 15) is 9.18 Å². The maximum atomic E-state index is 13.4. The number of nitrogens with two attached hydrogens (primary N) is 1. The molecule has 2 N–H and O–H groups in total. The van der Waals surface area contributed by atoms with Crippen LogP contribution in [0.15, 0.2) is 42.7 Å². The Labute approximate surface area is 173 Å². The Hall–Kier alpha value is -3.33. The zero-order chi connectivity index (χ0) is 21.3. The second-order valence-corrected chi connectivity index (χ2v) is 7.65. The number of fused-ring (bicyclic) bond motifs is 1. The molecule has 1 saturated heterocycles. The van der Waals surface area contributed by atoms with E-state index < -0.39 is 0 Å². The normalized spacial score (nSPS) is 16.9. The summed E-state index contributed by atoms with van der Waals surface area (Å²) in [5.74, 6) is -0.00851. The molecule has 3 heterocycles. The number of aromatic nitrogens is 4. The second-order valence-electron chi connectivity index (χ2n) is 7.65. The van der Waals surface area contributed by atoms with Crippen LogP contribution in [-0.4, -0.2) is 69.2 Å². The van der Waals surface area contributed by atoms with Crippen LogP contribution in [0.1, 0.15) is 12.5 Å². The highest BCUT2D eigenvalue weighted by Crippen LogP contribution is 2.33. The van der Waals surface area contributed by atoms with Crippen LogP contribution >= 0.6 is 0 Å². The summed E-state index contributed by atoms with van der Waals surface area (Å²) in [5, 5.41) is 5.40. The lowest BCUT2D eigenvalue weighted by Gasteiger charge is -2.15. The first-order chi connectivity index (χ1) is 14.4. The lowest BCUT2D eigenvalue weighted by molar-refractivity contribution is -0.125. The molecule has 0 radical (unpaired) electrons. The van der Waals surface area contributed by atoms with Crippen LogP contribution in [0.3, 0.4) is 0 Å². The van der Waals surface area contributed by atoms with Crippen molar-refractivity contribution in [1.29, 1.82) is 0 Å². The summed E-state index contributed by atoms with van der Waals surface area (Å²) in [7, 11) is 3.91. The Kier molecular flexibility index (Phi) is 5.45. The molecule has 1 amide bonds. The fourth-order valence-electron chi connectivity index (χ4n) is 3.67. The van der Waals surface area contributed by atoms with Gasteiger partial charge in [0, 0.05) is 31.3 Å². The van der Waals surface area contributed by atoms with Crippen molar-refractivity contribution in [1.82, 2.24) is 29.5 Å². The molecule has 1 aliphatic heterocycles. The van der Waals surface area contributed by atoms with E-state index in [4.69, 9.17) is 10.8 Å². The first-order valence-electron chi connectivity index (χ1n) is 9.79. The molecule has 0 aliphatic carbocycles. The van der Waals surface area contributed by atoms with E-state index in [0.717, 1.165) is 12.0 Å². The molecule has 2 aromatic heterocycles. The number of nitrogen functional groups attached to an aromatic ring is 1. The molecular weight excluding hydrogens is 385 g/mol. The van der Waals surface area contributed by atoms with Crippen molar-refractivity contribution in [3.8, 4) is 11.3 Å². The molecule has 3 aromatic rings. The minimum Gasteiger partial charge on any atom is -0.383 e. The molecule has 0 spiro atoms.